The zero-order valence-electron chi connectivity index (χ0n) is 9.96. The lowest BCUT2D eigenvalue weighted by Crippen LogP contribution is -2.30. The molecule has 0 aromatic heterocycles. The van der Waals surface area contributed by atoms with Crippen LogP contribution < -0.4 is 11.1 Å². The van der Waals surface area contributed by atoms with Gasteiger partial charge in [0.25, 0.3) is 5.91 Å². The van der Waals surface area contributed by atoms with Gasteiger partial charge in [-0.25, -0.2) is 0 Å². The van der Waals surface area contributed by atoms with Gasteiger partial charge in [0.15, 0.2) is 0 Å². The molecule has 1 aromatic carbocycles. The highest BCUT2D eigenvalue weighted by molar-refractivity contribution is 6.42. The SMILES string of the molecule is NCC1CCC(C(=O)Nc2c(Cl)cc(Cl)cc2Cl)O1. The van der Waals surface area contributed by atoms with Crippen molar-refractivity contribution in [2.45, 2.75) is 25.0 Å². The third kappa shape index (κ3) is 3.52. The second-order valence-electron chi connectivity index (χ2n) is 4.29. The highest BCUT2D eigenvalue weighted by Crippen LogP contribution is 2.34. The molecule has 0 radical (unpaired) electrons. The molecule has 4 nitrogen and oxygen atoms in total. The Bertz CT molecular complexity index is 473. The minimum atomic E-state index is -0.517. The van der Waals surface area contributed by atoms with Gasteiger partial charge < -0.3 is 15.8 Å². The summed E-state index contributed by atoms with van der Waals surface area (Å²) in [6.45, 7) is 0.409. The summed E-state index contributed by atoms with van der Waals surface area (Å²) in [5.74, 6) is -0.276. The minimum absolute atomic E-state index is 0.0630. The quantitative estimate of drug-likeness (QED) is 0.898. The lowest BCUT2D eigenvalue weighted by molar-refractivity contribution is -0.126. The van der Waals surface area contributed by atoms with Gasteiger partial charge in [0.05, 0.1) is 21.8 Å². The molecule has 0 spiro atoms. The molecule has 0 saturated carbocycles. The molecule has 1 aliphatic rings. The van der Waals surface area contributed by atoms with Crippen molar-refractivity contribution >= 4 is 46.4 Å². The van der Waals surface area contributed by atoms with Crippen molar-refractivity contribution in [2.75, 3.05) is 11.9 Å². The van der Waals surface area contributed by atoms with Crippen LogP contribution in [0.25, 0.3) is 0 Å². The number of ether oxygens (including phenoxy) is 1. The van der Waals surface area contributed by atoms with E-state index in [1.54, 1.807) is 0 Å². The number of halogens is 3. The van der Waals surface area contributed by atoms with E-state index in [1.165, 1.54) is 12.1 Å². The van der Waals surface area contributed by atoms with E-state index in [0.29, 0.717) is 33.7 Å². The number of hydrogen-bond donors (Lipinski definition) is 2. The molecule has 2 atom stereocenters. The van der Waals surface area contributed by atoms with Crippen molar-refractivity contribution in [3.8, 4) is 0 Å². The predicted octanol–water partition coefficient (Wildman–Crippen LogP) is 3.09. The predicted molar refractivity (Wildman–Crippen MR) is 77.1 cm³/mol. The molecule has 104 valence electrons. The molecular formula is C12H13Cl3N2O2. The Kier molecular flexibility index (Phi) is 4.92. The van der Waals surface area contributed by atoms with E-state index in [4.69, 9.17) is 45.3 Å². The van der Waals surface area contributed by atoms with E-state index in [1.807, 2.05) is 0 Å². The number of nitrogens with one attached hydrogen (secondary N) is 1. The van der Waals surface area contributed by atoms with Crippen LogP contribution in [0.2, 0.25) is 15.1 Å². The van der Waals surface area contributed by atoms with Crippen molar-refractivity contribution in [3.05, 3.63) is 27.2 Å². The number of carbonyl (C=O) groups excluding carboxylic acids is 1. The number of carbonyl (C=O) groups is 1. The summed E-state index contributed by atoms with van der Waals surface area (Å²) in [6, 6.07) is 3.03. The largest absolute Gasteiger partial charge is 0.364 e. The summed E-state index contributed by atoms with van der Waals surface area (Å²) in [7, 11) is 0. The number of amides is 1. The zero-order valence-corrected chi connectivity index (χ0v) is 12.2. The second kappa shape index (κ2) is 6.29. The Hall–Kier alpha value is -0.520. The van der Waals surface area contributed by atoms with Crippen LogP contribution in [0, 0.1) is 0 Å². The smallest absolute Gasteiger partial charge is 0.253 e. The maximum absolute atomic E-state index is 12.0. The molecule has 1 saturated heterocycles. The van der Waals surface area contributed by atoms with E-state index in [2.05, 4.69) is 5.32 Å². The molecule has 7 heteroatoms. The first-order chi connectivity index (χ1) is 9.01. The molecule has 2 rings (SSSR count). The minimum Gasteiger partial charge on any atom is -0.364 e. The van der Waals surface area contributed by atoms with Gasteiger partial charge in [-0.2, -0.15) is 0 Å². The maximum Gasteiger partial charge on any atom is 0.253 e. The highest BCUT2D eigenvalue weighted by atomic mass is 35.5. The Morgan fingerprint density at radius 2 is 1.95 bits per heavy atom. The first-order valence-corrected chi connectivity index (χ1v) is 6.95. The summed E-state index contributed by atoms with van der Waals surface area (Å²) >= 11 is 17.8. The molecule has 1 heterocycles. The van der Waals surface area contributed by atoms with Crippen molar-refractivity contribution in [1.82, 2.24) is 0 Å². The number of anilines is 1. The summed E-state index contributed by atoms with van der Waals surface area (Å²) < 4.78 is 5.50. The highest BCUT2D eigenvalue weighted by Gasteiger charge is 2.30. The summed E-state index contributed by atoms with van der Waals surface area (Å²) in [6.07, 6.45) is 0.830. The van der Waals surface area contributed by atoms with Crippen molar-refractivity contribution in [2.24, 2.45) is 5.73 Å². The van der Waals surface area contributed by atoms with Gasteiger partial charge in [-0.3, -0.25) is 4.79 Å². The standard InChI is InChI=1S/C12H13Cl3N2O2/c13-6-3-8(14)11(9(15)4-6)17-12(18)10-2-1-7(5-16)19-10/h3-4,7,10H,1-2,5,16H2,(H,17,18). The van der Waals surface area contributed by atoms with Gasteiger partial charge in [0, 0.05) is 11.6 Å². The third-order valence-electron chi connectivity index (χ3n) is 2.92. The first-order valence-electron chi connectivity index (χ1n) is 5.82. The Morgan fingerprint density at radius 1 is 1.32 bits per heavy atom. The van der Waals surface area contributed by atoms with Crippen molar-refractivity contribution in [1.29, 1.82) is 0 Å². The summed E-state index contributed by atoms with van der Waals surface area (Å²) in [4.78, 5) is 12.0. The first kappa shape index (κ1) is 14.9. The molecule has 2 unspecified atom stereocenters. The normalized spacial score (nSPS) is 22.5. The van der Waals surface area contributed by atoms with Crippen molar-refractivity contribution < 1.29 is 9.53 Å². The Balaban J connectivity index is 2.08. The fraction of sp³-hybridized carbons (Fsp3) is 0.417. The average Bonchev–Trinajstić information content (AvgIpc) is 2.82. The average molecular weight is 324 g/mol. The maximum atomic E-state index is 12.0. The Morgan fingerprint density at radius 3 is 2.47 bits per heavy atom. The van der Waals surface area contributed by atoms with E-state index in [-0.39, 0.29) is 12.0 Å². The van der Waals surface area contributed by atoms with Gasteiger partial charge >= 0.3 is 0 Å². The van der Waals surface area contributed by atoms with Crippen LogP contribution in [0.4, 0.5) is 5.69 Å². The van der Waals surface area contributed by atoms with Gasteiger partial charge in [-0.1, -0.05) is 34.8 Å². The van der Waals surface area contributed by atoms with Gasteiger partial charge in [0.1, 0.15) is 6.10 Å². The van der Waals surface area contributed by atoms with Crippen LogP contribution in [0.15, 0.2) is 12.1 Å². The van der Waals surface area contributed by atoms with Gasteiger partial charge in [-0.15, -0.1) is 0 Å². The van der Waals surface area contributed by atoms with Crippen LogP contribution >= 0.6 is 34.8 Å². The zero-order chi connectivity index (χ0) is 14.0. The van der Waals surface area contributed by atoms with Crippen LogP contribution in [-0.4, -0.2) is 24.7 Å². The number of nitrogens with two attached hydrogens (primary N) is 1. The van der Waals surface area contributed by atoms with Crippen LogP contribution in [0.1, 0.15) is 12.8 Å². The van der Waals surface area contributed by atoms with E-state index in [9.17, 15) is 4.79 Å². The van der Waals surface area contributed by atoms with Crippen LogP contribution in [-0.2, 0) is 9.53 Å². The number of hydrogen-bond acceptors (Lipinski definition) is 3. The fourth-order valence-electron chi connectivity index (χ4n) is 1.94. The topological polar surface area (TPSA) is 64.4 Å². The summed E-state index contributed by atoms with van der Waals surface area (Å²) in [5.41, 5.74) is 5.84. The van der Waals surface area contributed by atoms with E-state index >= 15 is 0 Å². The van der Waals surface area contributed by atoms with E-state index < -0.39 is 6.10 Å². The van der Waals surface area contributed by atoms with Gasteiger partial charge in [0.2, 0.25) is 0 Å². The molecule has 1 amide bonds. The molecule has 1 aromatic rings. The number of rotatable bonds is 3. The fourth-order valence-corrected chi connectivity index (χ4v) is 2.85. The van der Waals surface area contributed by atoms with E-state index in [0.717, 1.165) is 6.42 Å². The third-order valence-corrected chi connectivity index (χ3v) is 3.73. The lowest BCUT2D eigenvalue weighted by atomic mass is 10.2. The number of benzene rings is 1. The second-order valence-corrected chi connectivity index (χ2v) is 5.54. The molecule has 3 N–H and O–H groups in total. The molecule has 1 aliphatic heterocycles. The van der Waals surface area contributed by atoms with Crippen LogP contribution in [0.3, 0.4) is 0 Å². The molecule has 0 bridgehead atoms. The van der Waals surface area contributed by atoms with Crippen molar-refractivity contribution in [3.63, 3.8) is 0 Å². The summed E-state index contributed by atoms with van der Waals surface area (Å²) in [5, 5.41) is 3.66. The molecule has 0 aliphatic carbocycles. The Labute approximate surface area is 126 Å². The lowest BCUT2D eigenvalue weighted by Gasteiger charge is -2.14. The van der Waals surface area contributed by atoms with Gasteiger partial charge in [-0.05, 0) is 25.0 Å². The molecular weight excluding hydrogens is 311 g/mol. The molecule has 1 fully saturated rings. The molecule has 19 heavy (non-hydrogen) atoms. The van der Waals surface area contributed by atoms with Crippen LogP contribution in [0.5, 0.6) is 0 Å². The monoisotopic (exact) mass is 322 g/mol.